The summed E-state index contributed by atoms with van der Waals surface area (Å²) >= 11 is 0. The van der Waals surface area contributed by atoms with Crippen LogP contribution in [0.2, 0.25) is 0 Å². The van der Waals surface area contributed by atoms with Gasteiger partial charge >= 0.3 is 6.18 Å². The average molecular weight is 328 g/mol. The van der Waals surface area contributed by atoms with Gasteiger partial charge < -0.3 is 10.2 Å². The molecule has 1 aliphatic rings. The number of hydrogen-bond acceptors (Lipinski definition) is 2. The molecule has 3 nitrogen and oxygen atoms in total. The van der Waals surface area contributed by atoms with Crippen molar-refractivity contribution in [1.29, 1.82) is 0 Å². The van der Waals surface area contributed by atoms with Gasteiger partial charge in [0.1, 0.15) is 0 Å². The van der Waals surface area contributed by atoms with Crippen LogP contribution in [0.5, 0.6) is 0 Å². The van der Waals surface area contributed by atoms with Crippen molar-refractivity contribution in [2.75, 3.05) is 13.1 Å². The van der Waals surface area contributed by atoms with E-state index in [9.17, 15) is 18.0 Å². The molecule has 1 N–H and O–H groups in total. The molecule has 6 heteroatoms. The van der Waals surface area contributed by atoms with Crippen LogP contribution in [0.4, 0.5) is 13.2 Å². The number of amides is 1. The Morgan fingerprint density at radius 3 is 2.74 bits per heavy atom. The van der Waals surface area contributed by atoms with Gasteiger partial charge in [-0.25, -0.2) is 0 Å². The number of halogens is 3. The number of nitrogens with one attached hydrogen (secondary N) is 1. The van der Waals surface area contributed by atoms with Crippen LogP contribution in [-0.2, 0) is 17.5 Å². The number of nitrogens with zero attached hydrogens (tertiary/aromatic N) is 1. The molecule has 128 valence electrons. The number of likely N-dealkylation sites (tertiary alicyclic amines) is 1. The van der Waals surface area contributed by atoms with Crippen molar-refractivity contribution in [1.82, 2.24) is 10.2 Å². The predicted octanol–water partition coefficient (Wildman–Crippen LogP) is 3.44. The normalized spacial score (nSPS) is 22.2. The molecule has 0 aliphatic carbocycles. The highest BCUT2D eigenvalue weighted by Gasteiger charge is 2.31. The Hall–Kier alpha value is -1.56. The summed E-state index contributed by atoms with van der Waals surface area (Å²) in [6, 6.07) is 5.62. The van der Waals surface area contributed by atoms with Crippen molar-refractivity contribution in [3.63, 3.8) is 0 Å². The molecule has 0 unspecified atom stereocenters. The van der Waals surface area contributed by atoms with Gasteiger partial charge in [-0.1, -0.05) is 32.0 Å². The van der Waals surface area contributed by atoms with Gasteiger partial charge in [0.05, 0.1) is 5.56 Å². The molecule has 0 aromatic heterocycles. The molecule has 23 heavy (non-hydrogen) atoms. The van der Waals surface area contributed by atoms with E-state index < -0.39 is 11.7 Å². The Balaban J connectivity index is 1.91. The van der Waals surface area contributed by atoms with Crippen molar-refractivity contribution < 1.29 is 18.0 Å². The number of hydrogen-bond donors (Lipinski definition) is 1. The molecule has 0 saturated carbocycles. The van der Waals surface area contributed by atoms with Gasteiger partial charge in [0, 0.05) is 32.1 Å². The van der Waals surface area contributed by atoms with Crippen LogP contribution in [0.15, 0.2) is 24.3 Å². The van der Waals surface area contributed by atoms with E-state index in [4.69, 9.17) is 0 Å². The lowest BCUT2D eigenvalue weighted by Gasteiger charge is -2.37. The van der Waals surface area contributed by atoms with E-state index in [2.05, 4.69) is 12.2 Å². The topological polar surface area (TPSA) is 32.3 Å². The SMILES string of the molecule is CCC(=O)N1CC[C@H](NCc2cccc(C(F)(F)F)c2)[C@H](C)C1. The first-order valence-electron chi connectivity index (χ1n) is 7.98. The average Bonchev–Trinajstić information content (AvgIpc) is 2.52. The standard InChI is InChI=1S/C17H23F3N2O/c1-3-16(23)22-8-7-15(12(2)11-22)21-10-13-5-4-6-14(9-13)17(18,19)20/h4-6,9,12,15,21H,3,7-8,10-11H2,1-2H3/t12-,15+/m1/s1. The van der Waals surface area contributed by atoms with Crippen molar-refractivity contribution in [2.45, 2.75) is 45.5 Å². The van der Waals surface area contributed by atoms with Crippen LogP contribution in [0, 0.1) is 5.92 Å². The number of alkyl halides is 3. The number of rotatable bonds is 4. The van der Waals surface area contributed by atoms with Gasteiger partial charge in [-0.2, -0.15) is 13.2 Å². The number of benzene rings is 1. The van der Waals surface area contributed by atoms with Crippen LogP contribution in [0.1, 0.15) is 37.8 Å². The van der Waals surface area contributed by atoms with Crippen LogP contribution in [-0.4, -0.2) is 29.9 Å². The molecular formula is C17H23F3N2O. The van der Waals surface area contributed by atoms with E-state index >= 15 is 0 Å². The molecular weight excluding hydrogens is 305 g/mol. The number of carbonyl (C=O) groups is 1. The Bertz CT molecular complexity index is 545. The van der Waals surface area contributed by atoms with Crippen LogP contribution < -0.4 is 5.32 Å². The molecule has 0 bridgehead atoms. The van der Waals surface area contributed by atoms with Gasteiger partial charge in [0.2, 0.25) is 5.91 Å². The Kier molecular flexibility index (Phi) is 5.68. The van der Waals surface area contributed by atoms with E-state index in [0.717, 1.165) is 12.5 Å². The maximum Gasteiger partial charge on any atom is 0.416 e. The fourth-order valence-corrected chi connectivity index (χ4v) is 3.01. The zero-order valence-corrected chi connectivity index (χ0v) is 13.5. The third-order valence-electron chi connectivity index (χ3n) is 4.38. The highest BCUT2D eigenvalue weighted by molar-refractivity contribution is 5.75. The zero-order valence-electron chi connectivity index (χ0n) is 13.5. The predicted molar refractivity (Wildman–Crippen MR) is 82.7 cm³/mol. The van der Waals surface area contributed by atoms with E-state index in [-0.39, 0.29) is 17.9 Å². The van der Waals surface area contributed by atoms with Crippen molar-refractivity contribution >= 4 is 5.91 Å². The number of piperidine rings is 1. The largest absolute Gasteiger partial charge is 0.416 e. The van der Waals surface area contributed by atoms with Crippen molar-refractivity contribution in [3.8, 4) is 0 Å². The molecule has 2 atom stereocenters. The minimum atomic E-state index is -4.31. The summed E-state index contributed by atoms with van der Waals surface area (Å²) in [5, 5.41) is 3.34. The maximum absolute atomic E-state index is 12.7. The maximum atomic E-state index is 12.7. The Labute approximate surface area is 134 Å². The van der Waals surface area contributed by atoms with E-state index in [1.165, 1.54) is 12.1 Å². The van der Waals surface area contributed by atoms with E-state index in [1.807, 2.05) is 11.8 Å². The molecule has 0 spiro atoms. The third kappa shape index (κ3) is 4.70. The summed E-state index contributed by atoms with van der Waals surface area (Å²) in [5.41, 5.74) is 0.00676. The molecule has 1 amide bonds. The van der Waals surface area contributed by atoms with Crippen molar-refractivity contribution in [3.05, 3.63) is 35.4 Å². The minimum Gasteiger partial charge on any atom is -0.342 e. The first-order chi connectivity index (χ1) is 10.8. The molecule has 1 heterocycles. The summed E-state index contributed by atoms with van der Waals surface area (Å²) < 4.78 is 38.2. The molecule has 1 aromatic rings. The minimum absolute atomic E-state index is 0.160. The van der Waals surface area contributed by atoms with Gasteiger partial charge in [0.25, 0.3) is 0 Å². The quantitative estimate of drug-likeness (QED) is 0.918. The van der Waals surface area contributed by atoms with Gasteiger partial charge in [-0.05, 0) is 24.0 Å². The second-order valence-electron chi connectivity index (χ2n) is 6.14. The second-order valence-corrected chi connectivity index (χ2v) is 6.14. The highest BCUT2D eigenvalue weighted by atomic mass is 19.4. The van der Waals surface area contributed by atoms with Crippen LogP contribution in [0.3, 0.4) is 0 Å². The smallest absolute Gasteiger partial charge is 0.342 e. The first kappa shape index (κ1) is 17.8. The van der Waals surface area contributed by atoms with Crippen LogP contribution in [0.25, 0.3) is 0 Å². The summed E-state index contributed by atoms with van der Waals surface area (Å²) in [4.78, 5) is 13.6. The number of carbonyl (C=O) groups excluding carboxylic acids is 1. The fraction of sp³-hybridized carbons (Fsp3) is 0.588. The molecule has 1 fully saturated rings. The zero-order chi connectivity index (χ0) is 17.0. The lowest BCUT2D eigenvalue weighted by atomic mass is 9.93. The lowest BCUT2D eigenvalue weighted by Crippen LogP contribution is -2.49. The second kappa shape index (κ2) is 7.34. The monoisotopic (exact) mass is 328 g/mol. The van der Waals surface area contributed by atoms with E-state index in [1.54, 1.807) is 6.07 Å². The Morgan fingerprint density at radius 1 is 1.39 bits per heavy atom. The Morgan fingerprint density at radius 2 is 2.13 bits per heavy atom. The fourth-order valence-electron chi connectivity index (χ4n) is 3.01. The lowest BCUT2D eigenvalue weighted by molar-refractivity contribution is -0.137. The van der Waals surface area contributed by atoms with Crippen molar-refractivity contribution in [2.24, 2.45) is 5.92 Å². The summed E-state index contributed by atoms with van der Waals surface area (Å²) in [6.07, 6.45) is -2.98. The molecule has 1 aliphatic heterocycles. The molecule has 0 radical (unpaired) electrons. The first-order valence-corrected chi connectivity index (χ1v) is 7.98. The third-order valence-corrected chi connectivity index (χ3v) is 4.38. The summed E-state index contributed by atoms with van der Waals surface area (Å²) in [5.74, 6) is 0.443. The van der Waals surface area contributed by atoms with Gasteiger partial charge in [-0.3, -0.25) is 4.79 Å². The van der Waals surface area contributed by atoms with Gasteiger partial charge in [0.15, 0.2) is 0 Å². The van der Waals surface area contributed by atoms with Gasteiger partial charge in [-0.15, -0.1) is 0 Å². The highest BCUT2D eigenvalue weighted by Crippen LogP contribution is 2.29. The van der Waals surface area contributed by atoms with Crippen LogP contribution >= 0.6 is 0 Å². The summed E-state index contributed by atoms with van der Waals surface area (Å²) in [7, 11) is 0. The van der Waals surface area contributed by atoms with E-state index in [0.29, 0.717) is 31.6 Å². The molecule has 1 aromatic carbocycles. The molecule has 2 rings (SSSR count). The summed E-state index contributed by atoms with van der Waals surface area (Å²) in [6.45, 7) is 5.73. The molecule has 1 saturated heterocycles.